The second-order valence-electron chi connectivity index (χ2n) is 7.71. The zero-order valence-corrected chi connectivity index (χ0v) is 13.7. The van der Waals surface area contributed by atoms with Crippen LogP contribution in [0.4, 0.5) is 0 Å². The van der Waals surface area contributed by atoms with Gasteiger partial charge in [0.15, 0.2) is 11.5 Å². The second-order valence-corrected chi connectivity index (χ2v) is 7.71. The Bertz CT molecular complexity index is 668. The van der Waals surface area contributed by atoms with Crippen LogP contribution in [-0.4, -0.2) is 29.2 Å². The van der Waals surface area contributed by atoms with Crippen LogP contribution in [0.15, 0.2) is 12.1 Å². The number of Topliss-reactive ketones (excluding diaryl/α,β-unsaturated/α-hetero) is 1. The number of phenols is 1. The number of ketones is 1. The van der Waals surface area contributed by atoms with E-state index in [1.54, 1.807) is 6.07 Å². The quantitative estimate of drug-likeness (QED) is 0.836. The molecule has 0 spiro atoms. The first-order chi connectivity index (χ1) is 11.0. The topological polar surface area (TPSA) is 66.8 Å². The first kappa shape index (κ1) is 15.0. The van der Waals surface area contributed by atoms with Gasteiger partial charge >= 0.3 is 0 Å². The van der Waals surface area contributed by atoms with Crippen molar-refractivity contribution >= 4 is 5.78 Å². The highest BCUT2D eigenvalue weighted by atomic mass is 16.5. The van der Waals surface area contributed by atoms with E-state index in [1.807, 2.05) is 6.07 Å². The summed E-state index contributed by atoms with van der Waals surface area (Å²) < 4.78 is 5.35. The number of phenolic OH excluding ortho intramolecular Hbond substituents is 1. The molecule has 0 amide bonds. The molecule has 23 heavy (non-hydrogen) atoms. The summed E-state index contributed by atoms with van der Waals surface area (Å²) >= 11 is 0. The third-order valence-corrected chi connectivity index (χ3v) is 6.82. The molecule has 0 aromatic heterocycles. The minimum Gasteiger partial charge on any atom is -0.504 e. The van der Waals surface area contributed by atoms with Crippen molar-refractivity contribution in [2.75, 3.05) is 7.11 Å². The normalized spacial score (nSPS) is 38.7. The highest BCUT2D eigenvalue weighted by Gasteiger charge is 2.57. The van der Waals surface area contributed by atoms with E-state index in [4.69, 9.17) is 4.74 Å². The minimum atomic E-state index is -0.281. The lowest BCUT2D eigenvalue weighted by Gasteiger charge is -2.49. The standard InChI is InChI=1S/C19H24O4/c1-19-8-7-11-10-3-5-14(20)18(23-2)12(10)9-15(21)17(11)13(19)4-6-16(19)22/h3,5,11,13,16-17,20,22H,4,6-9H2,1-2H3/t11-,13+,16+,17-,19+/m1/s1. The summed E-state index contributed by atoms with van der Waals surface area (Å²) in [7, 11) is 1.54. The van der Waals surface area contributed by atoms with E-state index in [1.165, 1.54) is 7.11 Å². The Morgan fingerprint density at radius 3 is 2.78 bits per heavy atom. The number of carbonyl (C=O) groups is 1. The predicted octanol–water partition coefficient (Wildman–Crippen LogP) is 2.80. The van der Waals surface area contributed by atoms with Gasteiger partial charge in [-0.3, -0.25) is 4.79 Å². The lowest BCUT2D eigenvalue weighted by atomic mass is 9.55. The van der Waals surface area contributed by atoms with E-state index >= 15 is 0 Å². The van der Waals surface area contributed by atoms with E-state index in [9.17, 15) is 15.0 Å². The number of aliphatic hydroxyl groups excluding tert-OH is 1. The number of fused-ring (bicyclic) bond motifs is 5. The fraction of sp³-hybridized carbons (Fsp3) is 0.632. The van der Waals surface area contributed by atoms with Crippen molar-refractivity contribution in [3.63, 3.8) is 0 Å². The average Bonchev–Trinajstić information content (AvgIpc) is 2.83. The largest absolute Gasteiger partial charge is 0.504 e. The van der Waals surface area contributed by atoms with Crippen molar-refractivity contribution in [3.8, 4) is 11.5 Å². The molecule has 0 saturated heterocycles. The van der Waals surface area contributed by atoms with Crippen molar-refractivity contribution in [1.29, 1.82) is 0 Å². The third-order valence-electron chi connectivity index (χ3n) is 6.82. The molecule has 1 aromatic carbocycles. The number of benzene rings is 1. The van der Waals surface area contributed by atoms with Gasteiger partial charge < -0.3 is 14.9 Å². The van der Waals surface area contributed by atoms with E-state index in [-0.39, 0.29) is 40.8 Å². The molecule has 0 radical (unpaired) electrons. The van der Waals surface area contributed by atoms with Crippen LogP contribution in [-0.2, 0) is 11.2 Å². The van der Waals surface area contributed by atoms with Crippen LogP contribution < -0.4 is 4.74 Å². The Kier molecular flexibility index (Phi) is 3.24. The molecule has 0 bridgehead atoms. The molecule has 124 valence electrons. The van der Waals surface area contributed by atoms with Crippen LogP contribution in [0.5, 0.6) is 11.5 Å². The maximum absolute atomic E-state index is 12.9. The number of carbonyl (C=O) groups excluding carboxylic acids is 1. The number of rotatable bonds is 1. The number of methoxy groups -OCH3 is 1. The van der Waals surface area contributed by atoms with Gasteiger partial charge in [-0.05, 0) is 54.6 Å². The first-order valence-corrected chi connectivity index (χ1v) is 8.57. The predicted molar refractivity (Wildman–Crippen MR) is 85.7 cm³/mol. The Morgan fingerprint density at radius 1 is 1.26 bits per heavy atom. The molecule has 0 heterocycles. The highest BCUT2D eigenvalue weighted by Crippen LogP contribution is 2.60. The molecule has 5 atom stereocenters. The van der Waals surface area contributed by atoms with Gasteiger partial charge in [0.1, 0.15) is 5.78 Å². The third kappa shape index (κ3) is 1.90. The van der Waals surface area contributed by atoms with Gasteiger partial charge in [-0.15, -0.1) is 0 Å². The second kappa shape index (κ2) is 4.97. The molecule has 2 N–H and O–H groups in total. The molecule has 4 rings (SSSR count). The molecule has 4 heteroatoms. The number of hydrogen-bond acceptors (Lipinski definition) is 4. The van der Waals surface area contributed by atoms with Crippen LogP contribution in [0.3, 0.4) is 0 Å². The van der Waals surface area contributed by atoms with Crippen molar-refractivity contribution in [2.45, 2.75) is 51.0 Å². The van der Waals surface area contributed by atoms with Crippen molar-refractivity contribution in [3.05, 3.63) is 23.3 Å². The summed E-state index contributed by atoms with van der Waals surface area (Å²) in [6, 6.07) is 3.65. The van der Waals surface area contributed by atoms with Gasteiger partial charge in [0.05, 0.1) is 13.2 Å². The summed E-state index contributed by atoms with van der Waals surface area (Å²) in [5.41, 5.74) is 1.91. The van der Waals surface area contributed by atoms with Crippen LogP contribution in [0.2, 0.25) is 0 Å². The summed E-state index contributed by atoms with van der Waals surface area (Å²) in [5, 5.41) is 20.4. The molecule has 3 aliphatic carbocycles. The molecular weight excluding hydrogens is 292 g/mol. The van der Waals surface area contributed by atoms with Crippen molar-refractivity contribution < 1.29 is 19.7 Å². The summed E-state index contributed by atoms with van der Waals surface area (Å²) in [4.78, 5) is 12.9. The molecule has 0 aliphatic heterocycles. The maximum Gasteiger partial charge on any atom is 0.164 e. The van der Waals surface area contributed by atoms with E-state index in [0.29, 0.717) is 12.2 Å². The Morgan fingerprint density at radius 2 is 2.04 bits per heavy atom. The monoisotopic (exact) mass is 316 g/mol. The fourth-order valence-electron chi connectivity index (χ4n) is 5.59. The molecule has 0 unspecified atom stereocenters. The average molecular weight is 316 g/mol. The van der Waals surface area contributed by atoms with Crippen molar-refractivity contribution in [2.24, 2.45) is 17.3 Å². The van der Waals surface area contributed by atoms with Crippen LogP contribution in [0, 0.1) is 17.3 Å². The van der Waals surface area contributed by atoms with Gasteiger partial charge in [0.25, 0.3) is 0 Å². The van der Waals surface area contributed by atoms with Gasteiger partial charge in [0, 0.05) is 17.9 Å². The lowest BCUT2D eigenvalue weighted by molar-refractivity contribution is -0.130. The zero-order valence-electron chi connectivity index (χ0n) is 13.7. The number of aromatic hydroxyl groups is 1. The molecule has 2 fully saturated rings. The van der Waals surface area contributed by atoms with Gasteiger partial charge in [-0.1, -0.05) is 13.0 Å². The summed E-state index contributed by atoms with van der Waals surface area (Å²) in [6.45, 7) is 2.16. The lowest BCUT2D eigenvalue weighted by Crippen LogP contribution is -2.47. The van der Waals surface area contributed by atoms with Crippen molar-refractivity contribution in [1.82, 2.24) is 0 Å². The Hall–Kier alpha value is -1.55. The highest BCUT2D eigenvalue weighted by molar-refractivity contribution is 5.88. The van der Waals surface area contributed by atoms with Crippen LogP contribution in [0.25, 0.3) is 0 Å². The number of hydrogen-bond donors (Lipinski definition) is 2. The Balaban J connectivity index is 1.80. The van der Waals surface area contributed by atoms with Crippen LogP contribution >= 0.6 is 0 Å². The minimum absolute atomic E-state index is 0.00708. The van der Waals surface area contributed by atoms with E-state index in [0.717, 1.165) is 36.8 Å². The SMILES string of the molecule is COc1c(O)ccc2c1CC(=O)[C@@H]1[C@@H]2CC[C@]2(C)[C@@H](O)CC[C@@H]12. The number of ether oxygens (including phenoxy) is 1. The Labute approximate surface area is 136 Å². The van der Waals surface area contributed by atoms with Gasteiger partial charge in [0.2, 0.25) is 0 Å². The van der Waals surface area contributed by atoms with E-state index < -0.39 is 0 Å². The molecule has 1 aromatic rings. The first-order valence-electron chi connectivity index (χ1n) is 8.57. The fourth-order valence-corrected chi connectivity index (χ4v) is 5.59. The zero-order chi connectivity index (χ0) is 16.4. The van der Waals surface area contributed by atoms with Gasteiger partial charge in [-0.25, -0.2) is 0 Å². The molecule has 2 saturated carbocycles. The smallest absolute Gasteiger partial charge is 0.164 e. The number of aliphatic hydroxyl groups is 1. The summed E-state index contributed by atoms with van der Waals surface area (Å²) in [5.74, 6) is 1.29. The van der Waals surface area contributed by atoms with Crippen LogP contribution in [0.1, 0.15) is 49.7 Å². The molecule has 4 nitrogen and oxygen atoms in total. The van der Waals surface area contributed by atoms with E-state index in [2.05, 4.69) is 6.92 Å². The molecule has 3 aliphatic rings. The molecular formula is C19H24O4. The van der Waals surface area contributed by atoms with Gasteiger partial charge in [-0.2, -0.15) is 0 Å². The maximum atomic E-state index is 12.9. The summed E-state index contributed by atoms with van der Waals surface area (Å²) in [6.07, 6.45) is 3.67.